The molecule has 0 atom stereocenters. The van der Waals surface area contributed by atoms with Crippen LogP contribution in [0, 0.1) is 0 Å². The van der Waals surface area contributed by atoms with Crippen LogP contribution in [-0.2, 0) is 4.74 Å². The van der Waals surface area contributed by atoms with Crippen LogP contribution in [0.5, 0.6) is 11.5 Å². The summed E-state index contributed by atoms with van der Waals surface area (Å²) in [6, 6.07) is 7.67. The highest BCUT2D eigenvalue weighted by Gasteiger charge is 2.19. The third-order valence-corrected chi connectivity index (χ3v) is 3.49. The van der Waals surface area contributed by atoms with Crippen molar-refractivity contribution >= 4 is 0 Å². The van der Waals surface area contributed by atoms with E-state index in [-0.39, 0.29) is 12.2 Å². The molecule has 0 aliphatic heterocycles. The Bertz CT molecular complexity index is 386. The van der Waals surface area contributed by atoms with Gasteiger partial charge in [-0.05, 0) is 44.7 Å². The molecule has 1 aromatic rings. The average Bonchev–Trinajstić information content (AvgIpc) is 2.47. The highest BCUT2D eigenvalue weighted by Crippen LogP contribution is 2.26. The van der Waals surface area contributed by atoms with Gasteiger partial charge in [-0.2, -0.15) is 0 Å². The summed E-state index contributed by atoms with van der Waals surface area (Å²) in [6.07, 6.45) is 3.71. The van der Waals surface area contributed by atoms with E-state index in [2.05, 4.69) is 0 Å². The van der Waals surface area contributed by atoms with Gasteiger partial charge >= 0.3 is 0 Å². The van der Waals surface area contributed by atoms with Crippen LogP contribution < -0.4 is 9.47 Å². The van der Waals surface area contributed by atoms with Gasteiger partial charge in [0.25, 0.3) is 0 Å². The molecule has 0 bridgehead atoms. The molecule has 1 aliphatic carbocycles. The molecule has 0 heterocycles. The molecule has 1 aromatic carbocycles. The molecule has 0 amide bonds. The summed E-state index contributed by atoms with van der Waals surface area (Å²) in [5.41, 5.74) is 0. The lowest BCUT2D eigenvalue weighted by Crippen LogP contribution is -2.25. The summed E-state index contributed by atoms with van der Waals surface area (Å²) < 4.78 is 17.0. The van der Waals surface area contributed by atoms with Crippen molar-refractivity contribution in [3.05, 3.63) is 24.3 Å². The maximum Gasteiger partial charge on any atom is 0.161 e. The van der Waals surface area contributed by atoms with Crippen molar-refractivity contribution in [1.29, 1.82) is 0 Å². The van der Waals surface area contributed by atoms with Crippen LogP contribution in [0.15, 0.2) is 24.3 Å². The molecular formula is C16H24O4. The number of ether oxygens (including phenoxy) is 3. The molecule has 0 unspecified atom stereocenters. The Kier molecular flexibility index (Phi) is 6.15. The molecule has 1 aliphatic rings. The van der Waals surface area contributed by atoms with Crippen LogP contribution in [0.4, 0.5) is 0 Å². The molecular weight excluding hydrogens is 256 g/mol. The second kappa shape index (κ2) is 8.12. The summed E-state index contributed by atoms with van der Waals surface area (Å²) in [5.74, 6) is 1.54. The van der Waals surface area contributed by atoms with E-state index in [4.69, 9.17) is 14.2 Å². The molecule has 2 rings (SSSR count). The van der Waals surface area contributed by atoms with Gasteiger partial charge in [-0.3, -0.25) is 0 Å². The zero-order valence-electron chi connectivity index (χ0n) is 12.1. The summed E-state index contributed by atoms with van der Waals surface area (Å²) >= 11 is 0. The lowest BCUT2D eigenvalue weighted by atomic mass is 9.95. The maximum atomic E-state index is 9.43. The van der Waals surface area contributed by atoms with E-state index in [1.165, 1.54) is 0 Å². The molecule has 4 nitrogen and oxygen atoms in total. The van der Waals surface area contributed by atoms with Crippen molar-refractivity contribution in [1.82, 2.24) is 0 Å². The Morgan fingerprint density at radius 2 is 1.65 bits per heavy atom. The number of para-hydroxylation sites is 2. The van der Waals surface area contributed by atoms with Crippen molar-refractivity contribution in [2.24, 2.45) is 0 Å². The van der Waals surface area contributed by atoms with Gasteiger partial charge in [-0.1, -0.05) is 12.1 Å². The first-order chi connectivity index (χ1) is 9.79. The highest BCUT2D eigenvalue weighted by molar-refractivity contribution is 5.39. The van der Waals surface area contributed by atoms with Gasteiger partial charge in [0, 0.05) is 0 Å². The minimum absolute atomic E-state index is 0.135. The summed E-state index contributed by atoms with van der Waals surface area (Å²) in [5, 5.41) is 9.43. The highest BCUT2D eigenvalue weighted by atomic mass is 16.5. The van der Waals surface area contributed by atoms with Gasteiger partial charge in [0.15, 0.2) is 11.5 Å². The number of aliphatic hydroxyl groups is 1. The molecule has 4 heteroatoms. The van der Waals surface area contributed by atoms with E-state index in [1.807, 2.05) is 31.2 Å². The van der Waals surface area contributed by atoms with Gasteiger partial charge in [0.2, 0.25) is 0 Å². The Morgan fingerprint density at radius 1 is 1.00 bits per heavy atom. The second-order valence-corrected chi connectivity index (χ2v) is 5.03. The number of rotatable bonds is 7. The maximum absolute atomic E-state index is 9.43. The molecule has 0 spiro atoms. The van der Waals surface area contributed by atoms with Crippen molar-refractivity contribution in [3.8, 4) is 11.5 Å². The van der Waals surface area contributed by atoms with E-state index in [0.717, 1.165) is 37.2 Å². The third-order valence-electron chi connectivity index (χ3n) is 3.49. The van der Waals surface area contributed by atoms with E-state index < -0.39 is 0 Å². The monoisotopic (exact) mass is 280 g/mol. The molecule has 112 valence electrons. The van der Waals surface area contributed by atoms with Gasteiger partial charge in [-0.25, -0.2) is 0 Å². The average molecular weight is 280 g/mol. The molecule has 0 radical (unpaired) electrons. The zero-order chi connectivity index (χ0) is 14.2. The number of hydrogen-bond acceptors (Lipinski definition) is 4. The molecule has 20 heavy (non-hydrogen) atoms. The van der Waals surface area contributed by atoms with Crippen LogP contribution in [0.2, 0.25) is 0 Å². The summed E-state index contributed by atoms with van der Waals surface area (Å²) in [4.78, 5) is 0. The number of hydrogen-bond donors (Lipinski definition) is 1. The predicted molar refractivity (Wildman–Crippen MR) is 77.3 cm³/mol. The lowest BCUT2D eigenvalue weighted by Gasteiger charge is -2.25. The molecule has 0 saturated heterocycles. The van der Waals surface area contributed by atoms with Crippen molar-refractivity contribution in [3.63, 3.8) is 0 Å². The fourth-order valence-corrected chi connectivity index (χ4v) is 2.42. The van der Waals surface area contributed by atoms with Gasteiger partial charge in [0.05, 0.1) is 25.4 Å². The first-order valence-corrected chi connectivity index (χ1v) is 7.44. The van der Waals surface area contributed by atoms with E-state index in [9.17, 15) is 5.11 Å². The Morgan fingerprint density at radius 3 is 2.30 bits per heavy atom. The number of aliphatic hydroxyl groups excluding tert-OH is 1. The Hall–Kier alpha value is -1.26. The van der Waals surface area contributed by atoms with Crippen molar-refractivity contribution < 1.29 is 19.3 Å². The predicted octanol–water partition coefficient (Wildman–Crippen LogP) is 2.78. The van der Waals surface area contributed by atoms with Crippen molar-refractivity contribution in [2.45, 2.75) is 44.8 Å². The minimum atomic E-state index is -0.135. The largest absolute Gasteiger partial charge is 0.490 e. The third kappa shape index (κ3) is 4.69. The van der Waals surface area contributed by atoms with Crippen molar-refractivity contribution in [2.75, 3.05) is 19.8 Å². The topological polar surface area (TPSA) is 47.9 Å². The lowest BCUT2D eigenvalue weighted by molar-refractivity contribution is -0.0132. The van der Waals surface area contributed by atoms with E-state index in [1.54, 1.807) is 0 Å². The first kappa shape index (κ1) is 15.1. The molecule has 1 saturated carbocycles. The SMILES string of the molecule is CCOc1ccccc1OCCOC1CCC(O)CC1. The zero-order valence-corrected chi connectivity index (χ0v) is 12.1. The van der Waals surface area contributed by atoms with Crippen LogP contribution in [-0.4, -0.2) is 37.1 Å². The quantitative estimate of drug-likeness (QED) is 0.780. The van der Waals surface area contributed by atoms with Crippen LogP contribution >= 0.6 is 0 Å². The van der Waals surface area contributed by atoms with E-state index >= 15 is 0 Å². The molecule has 1 N–H and O–H groups in total. The standard InChI is InChI=1S/C16H24O4/c1-2-18-15-5-3-4-6-16(15)20-12-11-19-14-9-7-13(17)8-10-14/h3-6,13-14,17H,2,7-12H2,1H3. The van der Waals surface area contributed by atoms with Gasteiger partial charge in [0.1, 0.15) is 6.61 Å². The summed E-state index contributed by atoms with van der Waals surface area (Å²) in [7, 11) is 0. The molecule has 1 fully saturated rings. The normalized spacial score (nSPS) is 22.5. The molecule has 0 aromatic heterocycles. The fourth-order valence-electron chi connectivity index (χ4n) is 2.42. The first-order valence-electron chi connectivity index (χ1n) is 7.44. The fraction of sp³-hybridized carbons (Fsp3) is 0.625. The van der Waals surface area contributed by atoms with Crippen LogP contribution in [0.25, 0.3) is 0 Å². The van der Waals surface area contributed by atoms with Crippen LogP contribution in [0.3, 0.4) is 0 Å². The second-order valence-electron chi connectivity index (χ2n) is 5.03. The minimum Gasteiger partial charge on any atom is -0.490 e. The smallest absolute Gasteiger partial charge is 0.161 e. The Balaban J connectivity index is 1.68. The Labute approximate surface area is 120 Å². The van der Waals surface area contributed by atoms with Gasteiger partial charge < -0.3 is 19.3 Å². The van der Waals surface area contributed by atoms with E-state index in [0.29, 0.717) is 19.8 Å². The summed E-state index contributed by atoms with van der Waals surface area (Å²) in [6.45, 7) is 3.67. The van der Waals surface area contributed by atoms with Crippen LogP contribution in [0.1, 0.15) is 32.6 Å². The van der Waals surface area contributed by atoms with Gasteiger partial charge in [-0.15, -0.1) is 0 Å². The number of benzene rings is 1.